The monoisotopic (exact) mass is 665 g/mol. The number of benzene rings is 4. The Morgan fingerprint density at radius 1 is 0.956 bits per heavy atom. The number of hydrogen-bond acceptors (Lipinski definition) is 5. The van der Waals surface area contributed by atoms with E-state index in [0.717, 1.165) is 32.2 Å². The van der Waals surface area contributed by atoms with E-state index >= 15 is 0 Å². The first-order valence-corrected chi connectivity index (χ1v) is 15.3. The number of carbonyl (C=O) groups is 1. The molecule has 228 valence electrons. The number of ether oxygens (including phenoxy) is 2. The number of hydrogen-bond donors (Lipinski definition) is 3. The molecule has 3 N–H and O–H groups in total. The zero-order valence-electron chi connectivity index (χ0n) is 25.1. The highest BCUT2D eigenvalue weighted by Crippen LogP contribution is 2.41. The number of halogens is 1. The van der Waals surface area contributed by atoms with Crippen molar-refractivity contribution in [2.45, 2.75) is 12.3 Å². The third-order valence-electron chi connectivity index (χ3n) is 8.23. The summed E-state index contributed by atoms with van der Waals surface area (Å²) in [6.07, 6.45) is 0.461. The van der Waals surface area contributed by atoms with Crippen LogP contribution in [0.2, 0.25) is 0 Å². The maximum atomic E-state index is 14.1. The summed E-state index contributed by atoms with van der Waals surface area (Å²) < 4.78 is 13.1. The van der Waals surface area contributed by atoms with Crippen molar-refractivity contribution in [3.05, 3.63) is 134 Å². The number of nitrogens with one attached hydrogen (secondary N) is 2. The Bertz CT molecular complexity index is 2120. The quantitative estimate of drug-likeness (QED) is 0.160. The Balaban J connectivity index is 1.47. The van der Waals surface area contributed by atoms with Crippen LogP contribution < -0.4 is 20.3 Å². The van der Waals surface area contributed by atoms with Gasteiger partial charge < -0.3 is 29.4 Å². The van der Waals surface area contributed by atoms with Crippen LogP contribution in [0.4, 0.5) is 0 Å². The molecule has 0 aliphatic rings. The van der Waals surface area contributed by atoms with Crippen LogP contribution in [0.5, 0.6) is 17.2 Å². The molecule has 0 saturated carbocycles. The van der Waals surface area contributed by atoms with E-state index < -0.39 is 5.92 Å². The lowest BCUT2D eigenvalue weighted by molar-refractivity contribution is 0.0951. The number of methoxy groups -OCH3 is 2. The van der Waals surface area contributed by atoms with Crippen molar-refractivity contribution in [3.8, 4) is 17.2 Å². The molecule has 1 atom stereocenters. The van der Waals surface area contributed by atoms with Gasteiger partial charge in [-0.15, -0.1) is 0 Å². The average molecular weight is 667 g/mol. The fourth-order valence-corrected chi connectivity index (χ4v) is 6.46. The minimum Gasteiger partial charge on any atom is -0.507 e. The second kappa shape index (κ2) is 12.5. The van der Waals surface area contributed by atoms with Gasteiger partial charge in [0.1, 0.15) is 17.2 Å². The molecule has 1 unspecified atom stereocenters. The summed E-state index contributed by atoms with van der Waals surface area (Å²) in [5.74, 6) is 0.0414. The van der Waals surface area contributed by atoms with E-state index in [-0.39, 0.29) is 22.8 Å². The normalized spacial score (nSPS) is 11.9. The maximum Gasteiger partial charge on any atom is 0.258 e. The second-order valence-corrected chi connectivity index (χ2v) is 11.7. The highest BCUT2D eigenvalue weighted by Gasteiger charge is 2.30. The molecular weight excluding hydrogens is 634 g/mol. The molecule has 2 aromatic heterocycles. The third kappa shape index (κ3) is 5.55. The minimum atomic E-state index is -0.634. The first-order chi connectivity index (χ1) is 21.8. The van der Waals surface area contributed by atoms with Crippen molar-refractivity contribution in [2.24, 2.45) is 7.05 Å². The summed E-state index contributed by atoms with van der Waals surface area (Å²) in [5, 5.41) is 16.3. The number of pyridine rings is 1. The lowest BCUT2D eigenvalue weighted by Gasteiger charge is -2.22. The van der Waals surface area contributed by atoms with Crippen LogP contribution in [-0.4, -0.2) is 41.3 Å². The van der Waals surface area contributed by atoms with Crippen LogP contribution in [-0.2, 0) is 13.5 Å². The number of amides is 1. The first kappa shape index (κ1) is 30.0. The standard InChI is InChI=1S/C36H32BrN3O5/c1-40-29-14-7-5-12-26(29)34(41)32(36(40)43)31(21-9-8-10-22(37)19-21)33-25(24-11-4-6-13-28(24)39-33)17-18-38-35(42)27-16-15-23(44-2)20-30(27)45-3/h4-16,19-20,31,39,41H,17-18H2,1-3H3,(H,38,42). The molecule has 1 amide bonds. The molecule has 4 aromatic carbocycles. The van der Waals surface area contributed by atoms with Crippen molar-refractivity contribution in [1.29, 1.82) is 0 Å². The number of rotatable bonds is 9. The summed E-state index contributed by atoms with van der Waals surface area (Å²) in [4.78, 5) is 30.9. The smallest absolute Gasteiger partial charge is 0.258 e. The zero-order valence-corrected chi connectivity index (χ0v) is 26.6. The van der Waals surface area contributed by atoms with Gasteiger partial charge in [-0.05, 0) is 60.0 Å². The molecule has 6 aromatic rings. The number of aromatic hydroxyl groups is 1. The number of para-hydroxylation sites is 2. The third-order valence-corrected chi connectivity index (χ3v) is 8.72. The van der Waals surface area contributed by atoms with Crippen molar-refractivity contribution < 1.29 is 19.4 Å². The Kier molecular flexibility index (Phi) is 8.36. The van der Waals surface area contributed by atoms with Gasteiger partial charge >= 0.3 is 0 Å². The van der Waals surface area contributed by atoms with Gasteiger partial charge in [0.05, 0.1) is 36.8 Å². The maximum absolute atomic E-state index is 14.1. The van der Waals surface area contributed by atoms with Gasteiger partial charge in [0, 0.05) is 46.1 Å². The lowest BCUT2D eigenvalue weighted by Crippen LogP contribution is -2.27. The average Bonchev–Trinajstić information content (AvgIpc) is 3.42. The van der Waals surface area contributed by atoms with Crippen LogP contribution in [0, 0.1) is 0 Å². The van der Waals surface area contributed by atoms with Crippen molar-refractivity contribution in [2.75, 3.05) is 20.8 Å². The summed E-state index contributed by atoms with van der Waals surface area (Å²) in [5.41, 5.74) is 4.45. The molecule has 45 heavy (non-hydrogen) atoms. The minimum absolute atomic E-state index is 0.0526. The highest BCUT2D eigenvalue weighted by molar-refractivity contribution is 9.10. The molecule has 0 radical (unpaired) electrons. The lowest BCUT2D eigenvalue weighted by atomic mass is 9.85. The van der Waals surface area contributed by atoms with Gasteiger partial charge in [-0.3, -0.25) is 9.59 Å². The van der Waals surface area contributed by atoms with E-state index in [2.05, 4.69) is 26.2 Å². The number of carbonyl (C=O) groups excluding carboxylic acids is 1. The van der Waals surface area contributed by atoms with E-state index in [1.807, 2.05) is 72.8 Å². The SMILES string of the molecule is COc1ccc(C(=O)NCCc2c(C(c3cccc(Br)c3)c3c(O)c4ccccc4n(C)c3=O)[nH]c3ccccc23)c(OC)c1. The van der Waals surface area contributed by atoms with Crippen LogP contribution in [0.1, 0.15) is 38.7 Å². The molecule has 0 saturated heterocycles. The predicted octanol–water partition coefficient (Wildman–Crippen LogP) is 6.66. The second-order valence-electron chi connectivity index (χ2n) is 10.8. The van der Waals surface area contributed by atoms with Crippen LogP contribution in [0.15, 0.2) is 100 Å². The van der Waals surface area contributed by atoms with E-state index in [1.165, 1.54) is 7.11 Å². The van der Waals surface area contributed by atoms with Gasteiger partial charge in [-0.25, -0.2) is 0 Å². The number of nitrogens with zero attached hydrogens (tertiary/aromatic N) is 1. The number of fused-ring (bicyclic) bond motifs is 2. The summed E-state index contributed by atoms with van der Waals surface area (Å²) in [6, 6.07) is 28.1. The molecule has 0 fully saturated rings. The van der Waals surface area contributed by atoms with Gasteiger partial charge in [-0.1, -0.05) is 58.4 Å². The molecule has 9 heteroatoms. The number of aromatic nitrogens is 2. The van der Waals surface area contributed by atoms with Crippen molar-refractivity contribution in [1.82, 2.24) is 14.9 Å². The Labute approximate surface area is 268 Å². The van der Waals surface area contributed by atoms with Gasteiger partial charge in [0.25, 0.3) is 11.5 Å². The van der Waals surface area contributed by atoms with Crippen LogP contribution in [0.3, 0.4) is 0 Å². The summed E-state index contributed by atoms with van der Waals surface area (Å²) >= 11 is 3.60. The van der Waals surface area contributed by atoms with E-state index in [4.69, 9.17) is 9.47 Å². The highest BCUT2D eigenvalue weighted by atomic mass is 79.9. The summed E-state index contributed by atoms with van der Waals surface area (Å²) in [6.45, 7) is 0.315. The van der Waals surface area contributed by atoms with Gasteiger partial charge in [0.2, 0.25) is 0 Å². The van der Waals surface area contributed by atoms with E-state index in [9.17, 15) is 14.7 Å². The topological polar surface area (TPSA) is 106 Å². The zero-order chi connectivity index (χ0) is 31.7. The van der Waals surface area contributed by atoms with Crippen LogP contribution >= 0.6 is 15.9 Å². The number of H-pyrrole nitrogens is 1. The first-order valence-electron chi connectivity index (χ1n) is 14.5. The number of aryl methyl sites for hydroxylation is 1. The van der Waals surface area contributed by atoms with Crippen LogP contribution in [0.25, 0.3) is 21.8 Å². The van der Waals surface area contributed by atoms with Gasteiger partial charge in [0.15, 0.2) is 0 Å². The molecular formula is C36H32BrN3O5. The molecule has 8 nitrogen and oxygen atoms in total. The molecule has 0 aliphatic heterocycles. The van der Waals surface area contributed by atoms with Gasteiger partial charge in [-0.2, -0.15) is 0 Å². The Hall–Kier alpha value is -5.02. The van der Waals surface area contributed by atoms with E-state index in [1.54, 1.807) is 36.9 Å². The van der Waals surface area contributed by atoms with Crippen molar-refractivity contribution >= 4 is 43.6 Å². The van der Waals surface area contributed by atoms with E-state index in [0.29, 0.717) is 40.9 Å². The fourth-order valence-electron chi connectivity index (χ4n) is 6.05. The summed E-state index contributed by atoms with van der Waals surface area (Å²) in [7, 11) is 4.79. The number of aromatic amines is 1. The Morgan fingerprint density at radius 3 is 2.47 bits per heavy atom. The largest absolute Gasteiger partial charge is 0.507 e. The fraction of sp³-hybridized carbons (Fsp3) is 0.167. The Morgan fingerprint density at radius 2 is 1.71 bits per heavy atom. The predicted molar refractivity (Wildman–Crippen MR) is 180 cm³/mol. The molecule has 6 rings (SSSR count). The molecule has 0 spiro atoms. The molecule has 0 bridgehead atoms. The van der Waals surface area contributed by atoms with Crippen molar-refractivity contribution in [3.63, 3.8) is 0 Å². The molecule has 2 heterocycles. The molecule has 0 aliphatic carbocycles.